The second-order valence-corrected chi connectivity index (χ2v) is 10.5. The molecule has 39 heavy (non-hydrogen) atoms. The van der Waals surface area contributed by atoms with Crippen molar-refractivity contribution in [2.75, 3.05) is 59.6 Å². The highest BCUT2D eigenvalue weighted by Crippen LogP contribution is 2.21. The number of aromatic nitrogens is 2. The maximum Gasteiger partial charge on any atom is 0.338 e. The molecule has 0 radical (unpaired) electrons. The fourth-order valence-corrected chi connectivity index (χ4v) is 5.03. The van der Waals surface area contributed by atoms with Crippen molar-refractivity contribution < 1.29 is 23.9 Å². The van der Waals surface area contributed by atoms with Crippen molar-refractivity contribution in [3.8, 4) is 0 Å². The Morgan fingerprint density at radius 1 is 1.13 bits per heavy atom. The van der Waals surface area contributed by atoms with Crippen LogP contribution in [0.4, 0.5) is 0 Å². The number of rotatable bonds is 7. The summed E-state index contributed by atoms with van der Waals surface area (Å²) in [6.07, 6.45) is 2.89. The number of ether oxygens (including phenoxy) is 2. The molecule has 1 aromatic heterocycles. The van der Waals surface area contributed by atoms with Gasteiger partial charge in [0.05, 0.1) is 17.9 Å². The number of nitrogens with one attached hydrogen (secondary N) is 1. The van der Waals surface area contributed by atoms with Crippen molar-refractivity contribution in [2.24, 2.45) is 5.92 Å². The third-order valence-electron chi connectivity index (χ3n) is 7.29. The molecular weight excluding hydrogens is 498 g/mol. The number of esters is 1. The van der Waals surface area contributed by atoms with Crippen LogP contribution in [0.25, 0.3) is 0 Å². The van der Waals surface area contributed by atoms with Gasteiger partial charge in [-0.05, 0) is 63.8 Å². The predicted molar refractivity (Wildman–Crippen MR) is 147 cm³/mol. The zero-order valence-corrected chi connectivity index (χ0v) is 23.4. The van der Waals surface area contributed by atoms with E-state index in [4.69, 9.17) is 14.6 Å². The van der Waals surface area contributed by atoms with Gasteiger partial charge in [0.15, 0.2) is 0 Å². The van der Waals surface area contributed by atoms with Crippen LogP contribution >= 0.6 is 0 Å². The van der Waals surface area contributed by atoms with Gasteiger partial charge in [0.2, 0.25) is 0 Å². The average molecular weight is 540 g/mol. The van der Waals surface area contributed by atoms with Crippen molar-refractivity contribution in [3.05, 3.63) is 52.3 Å². The molecule has 4 rings (SSSR count). The molecule has 10 heteroatoms. The minimum atomic E-state index is -0.454. The van der Waals surface area contributed by atoms with Gasteiger partial charge in [-0.3, -0.25) is 14.3 Å². The Hall–Kier alpha value is -3.24. The van der Waals surface area contributed by atoms with Crippen molar-refractivity contribution in [1.29, 1.82) is 0 Å². The monoisotopic (exact) mass is 539 g/mol. The van der Waals surface area contributed by atoms with Crippen LogP contribution in [0.1, 0.15) is 69.2 Å². The Morgan fingerprint density at radius 3 is 2.64 bits per heavy atom. The fraction of sp³-hybridized carbons (Fsp3) is 0.586. The highest BCUT2D eigenvalue weighted by atomic mass is 16.5. The second kappa shape index (κ2) is 13.7. The smallest absolute Gasteiger partial charge is 0.338 e. The van der Waals surface area contributed by atoms with Crippen molar-refractivity contribution in [3.63, 3.8) is 0 Å². The van der Waals surface area contributed by atoms with E-state index in [1.807, 2.05) is 25.8 Å². The molecule has 2 amide bonds. The summed E-state index contributed by atoms with van der Waals surface area (Å²) >= 11 is 0. The standard InChI is InChI=1S/C29H41N5O5/c1-4-34-26-24(10-6-16-38-17-7-11-30-27(26)35)25(31-34)18-21(2)20-39-29(37)23-9-5-8-22(19-23)28(36)33-14-12-32(3)13-15-33/h5,8-9,19,21H,4,6-7,10-18,20H2,1-3H3,(H,30,35)/t21-/m1/s1. The van der Waals surface area contributed by atoms with Gasteiger partial charge in [-0.15, -0.1) is 0 Å². The molecule has 1 fully saturated rings. The largest absolute Gasteiger partial charge is 0.462 e. The molecule has 1 N–H and O–H groups in total. The molecule has 212 valence electrons. The van der Waals surface area contributed by atoms with E-state index in [9.17, 15) is 14.4 Å². The number of hydrogen-bond acceptors (Lipinski definition) is 7. The van der Waals surface area contributed by atoms with Crippen LogP contribution < -0.4 is 5.32 Å². The molecule has 2 aliphatic heterocycles. The number of carbonyl (C=O) groups excluding carboxylic acids is 3. The first-order valence-electron chi connectivity index (χ1n) is 14.1. The Balaban J connectivity index is 1.39. The molecule has 1 aromatic carbocycles. The van der Waals surface area contributed by atoms with Gasteiger partial charge in [0.25, 0.3) is 11.8 Å². The van der Waals surface area contributed by atoms with Gasteiger partial charge < -0.3 is 24.6 Å². The maximum atomic E-state index is 13.0. The number of carbonyl (C=O) groups is 3. The average Bonchev–Trinajstić information content (AvgIpc) is 3.27. The summed E-state index contributed by atoms with van der Waals surface area (Å²) < 4.78 is 13.1. The number of nitrogens with zero attached hydrogens (tertiary/aromatic N) is 4. The Bertz CT molecular complexity index is 1150. The number of fused-ring (bicyclic) bond motifs is 1. The lowest BCUT2D eigenvalue weighted by atomic mass is 9.99. The maximum absolute atomic E-state index is 13.0. The molecule has 1 atom stereocenters. The Labute approximate surface area is 230 Å². The number of hydrogen-bond donors (Lipinski definition) is 1. The van der Waals surface area contributed by atoms with Crippen LogP contribution in [0.2, 0.25) is 0 Å². The Morgan fingerprint density at radius 2 is 1.87 bits per heavy atom. The summed E-state index contributed by atoms with van der Waals surface area (Å²) in [5, 5.41) is 7.76. The third kappa shape index (κ3) is 7.45. The van der Waals surface area contributed by atoms with Crippen LogP contribution in [0.5, 0.6) is 0 Å². The van der Waals surface area contributed by atoms with Crippen LogP contribution in [-0.4, -0.2) is 97.0 Å². The lowest BCUT2D eigenvalue weighted by Crippen LogP contribution is -2.47. The zero-order valence-electron chi connectivity index (χ0n) is 23.4. The summed E-state index contributed by atoms with van der Waals surface area (Å²) in [6.45, 7) is 9.66. The van der Waals surface area contributed by atoms with Gasteiger partial charge in [-0.2, -0.15) is 5.10 Å². The van der Waals surface area contributed by atoms with Crippen molar-refractivity contribution in [1.82, 2.24) is 24.9 Å². The SMILES string of the molecule is CCn1nc(C[C@@H](C)COC(=O)c2cccc(C(=O)N3CCN(C)CC3)c2)c2c1C(=O)NCCCOCCC2. The predicted octanol–water partition coefficient (Wildman–Crippen LogP) is 2.41. The molecule has 0 unspecified atom stereocenters. The molecule has 0 aliphatic carbocycles. The summed E-state index contributed by atoms with van der Waals surface area (Å²) in [6, 6.07) is 6.76. The zero-order chi connectivity index (χ0) is 27.8. The summed E-state index contributed by atoms with van der Waals surface area (Å²) in [4.78, 5) is 42.8. The van der Waals surface area contributed by atoms with Crippen molar-refractivity contribution >= 4 is 17.8 Å². The first-order chi connectivity index (χ1) is 18.9. The van der Waals surface area contributed by atoms with Crippen LogP contribution in [0, 0.1) is 5.92 Å². The van der Waals surface area contributed by atoms with E-state index >= 15 is 0 Å². The number of likely N-dealkylation sites (N-methyl/N-ethyl adjacent to an activating group) is 1. The van der Waals surface area contributed by atoms with E-state index in [0.29, 0.717) is 69.1 Å². The van der Waals surface area contributed by atoms with Gasteiger partial charge in [0, 0.05) is 63.6 Å². The van der Waals surface area contributed by atoms with E-state index in [0.717, 1.165) is 37.2 Å². The minimum Gasteiger partial charge on any atom is -0.462 e. The molecule has 0 bridgehead atoms. The summed E-state index contributed by atoms with van der Waals surface area (Å²) in [5.41, 5.74) is 3.30. The molecule has 1 saturated heterocycles. The first-order valence-corrected chi connectivity index (χ1v) is 14.1. The van der Waals surface area contributed by atoms with Gasteiger partial charge >= 0.3 is 5.97 Å². The summed E-state index contributed by atoms with van der Waals surface area (Å²) in [7, 11) is 2.04. The van der Waals surface area contributed by atoms with Gasteiger partial charge in [-0.1, -0.05) is 13.0 Å². The van der Waals surface area contributed by atoms with E-state index in [1.54, 1.807) is 28.9 Å². The van der Waals surface area contributed by atoms with Crippen LogP contribution in [0.3, 0.4) is 0 Å². The lowest BCUT2D eigenvalue weighted by molar-refractivity contribution is 0.0448. The normalized spacial score (nSPS) is 18.0. The minimum absolute atomic E-state index is 0.00842. The Kier molecular flexibility index (Phi) is 10.1. The first kappa shape index (κ1) is 28.8. The van der Waals surface area contributed by atoms with E-state index in [-0.39, 0.29) is 24.3 Å². The van der Waals surface area contributed by atoms with E-state index < -0.39 is 5.97 Å². The fourth-order valence-electron chi connectivity index (χ4n) is 5.03. The highest BCUT2D eigenvalue weighted by molar-refractivity contribution is 5.98. The molecule has 2 aromatic rings. The number of benzene rings is 1. The van der Waals surface area contributed by atoms with Gasteiger partial charge in [-0.25, -0.2) is 4.79 Å². The van der Waals surface area contributed by atoms with E-state index in [2.05, 4.69) is 10.2 Å². The third-order valence-corrected chi connectivity index (χ3v) is 7.29. The van der Waals surface area contributed by atoms with Gasteiger partial charge in [0.1, 0.15) is 5.69 Å². The topological polar surface area (TPSA) is 106 Å². The summed E-state index contributed by atoms with van der Waals surface area (Å²) in [5.74, 6) is -0.626. The molecule has 0 saturated carbocycles. The number of piperazine rings is 1. The van der Waals surface area contributed by atoms with E-state index in [1.165, 1.54) is 0 Å². The van der Waals surface area contributed by atoms with Crippen LogP contribution in [-0.2, 0) is 28.9 Å². The molecule has 2 aliphatic rings. The number of aryl methyl sites for hydroxylation is 1. The lowest BCUT2D eigenvalue weighted by Gasteiger charge is -2.32. The molecular formula is C29H41N5O5. The highest BCUT2D eigenvalue weighted by Gasteiger charge is 2.25. The second-order valence-electron chi connectivity index (χ2n) is 10.5. The molecule has 3 heterocycles. The molecule has 10 nitrogen and oxygen atoms in total. The van der Waals surface area contributed by atoms with Crippen LogP contribution in [0.15, 0.2) is 24.3 Å². The number of amides is 2. The molecule has 0 spiro atoms. The van der Waals surface area contributed by atoms with Crippen molar-refractivity contribution in [2.45, 2.75) is 46.1 Å². The quantitative estimate of drug-likeness (QED) is 0.539.